The molecule has 1 aliphatic heterocycles. The van der Waals surface area contributed by atoms with Crippen molar-refractivity contribution < 1.29 is 13.2 Å². The van der Waals surface area contributed by atoms with Gasteiger partial charge in [0.15, 0.2) is 5.13 Å². The molecule has 0 radical (unpaired) electrons. The van der Waals surface area contributed by atoms with E-state index in [0.29, 0.717) is 24.4 Å². The summed E-state index contributed by atoms with van der Waals surface area (Å²) < 4.78 is 23.7. The Labute approximate surface area is 175 Å². The van der Waals surface area contributed by atoms with E-state index in [2.05, 4.69) is 44.2 Å². The Hall–Kier alpha value is -2.01. The molecule has 0 bridgehead atoms. The van der Waals surface area contributed by atoms with Gasteiger partial charge in [-0.15, -0.1) is 11.3 Å². The lowest BCUT2D eigenvalue weighted by atomic mass is 10.1. The molecule has 1 saturated heterocycles. The normalized spacial score (nSPS) is 14.3. The standard InChI is InChI=1S/C19H27N5O3S2/c20-29(26,27)21-11-3-1-2-6-18(25)23-19-22-17(14-28-19)15-7-9-16(10-8-15)24-12-4-5-13-24/h7-10,14,21H,1-6,11-13H2,(H2,20,26,27)(H,22,23,25). The lowest BCUT2D eigenvalue weighted by Crippen LogP contribution is -2.31. The van der Waals surface area contributed by atoms with Crippen molar-refractivity contribution in [3.05, 3.63) is 29.6 Å². The molecule has 29 heavy (non-hydrogen) atoms. The monoisotopic (exact) mass is 437 g/mol. The number of unbranched alkanes of at least 4 members (excludes halogenated alkanes) is 2. The second-order valence-electron chi connectivity index (χ2n) is 7.08. The Morgan fingerprint density at radius 3 is 2.55 bits per heavy atom. The maximum absolute atomic E-state index is 12.1. The Balaban J connectivity index is 1.42. The lowest BCUT2D eigenvalue weighted by Gasteiger charge is -2.17. The number of aromatic nitrogens is 1. The minimum Gasteiger partial charge on any atom is -0.372 e. The number of amides is 1. The number of hydrogen-bond donors (Lipinski definition) is 3. The van der Waals surface area contributed by atoms with Crippen LogP contribution in [0.25, 0.3) is 11.3 Å². The van der Waals surface area contributed by atoms with Gasteiger partial charge in [-0.3, -0.25) is 4.79 Å². The van der Waals surface area contributed by atoms with Crippen LogP contribution in [0.1, 0.15) is 38.5 Å². The fourth-order valence-corrected chi connectivity index (χ4v) is 4.43. The quantitative estimate of drug-likeness (QED) is 0.494. The van der Waals surface area contributed by atoms with Gasteiger partial charge < -0.3 is 10.2 Å². The van der Waals surface area contributed by atoms with Gasteiger partial charge in [-0.2, -0.15) is 8.42 Å². The number of rotatable bonds is 10. The predicted octanol–water partition coefficient (Wildman–Crippen LogP) is 2.70. The second kappa shape index (κ2) is 10.1. The van der Waals surface area contributed by atoms with E-state index in [1.165, 1.54) is 29.9 Å². The fraction of sp³-hybridized carbons (Fsp3) is 0.474. The zero-order valence-electron chi connectivity index (χ0n) is 16.3. The molecule has 1 fully saturated rings. The van der Waals surface area contributed by atoms with Gasteiger partial charge in [0.1, 0.15) is 0 Å². The second-order valence-corrected chi connectivity index (χ2v) is 9.31. The first kappa shape index (κ1) is 21.7. The van der Waals surface area contributed by atoms with Crippen LogP contribution in [0.15, 0.2) is 29.6 Å². The van der Waals surface area contributed by atoms with Crippen molar-refractivity contribution in [1.29, 1.82) is 0 Å². The van der Waals surface area contributed by atoms with E-state index in [1.54, 1.807) is 0 Å². The van der Waals surface area contributed by atoms with Gasteiger partial charge in [-0.1, -0.05) is 18.6 Å². The average Bonchev–Trinajstić information content (AvgIpc) is 3.36. The number of anilines is 2. The molecule has 0 unspecified atom stereocenters. The molecule has 158 valence electrons. The molecule has 1 aromatic heterocycles. The van der Waals surface area contributed by atoms with Gasteiger partial charge in [-0.25, -0.2) is 14.8 Å². The molecular formula is C19H27N5O3S2. The summed E-state index contributed by atoms with van der Waals surface area (Å²) in [5.41, 5.74) is 3.13. The van der Waals surface area contributed by atoms with Crippen LogP contribution >= 0.6 is 11.3 Å². The first-order chi connectivity index (χ1) is 13.9. The van der Waals surface area contributed by atoms with Gasteiger partial charge in [-0.05, 0) is 37.8 Å². The molecule has 4 N–H and O–H groups in total. The SMILES string of the molecule is NS(=O)(=O)NCCCCCC(=O)Nc1nc(-c2ccc(N3CCCC3)cc2)cs1. The van der Waals surface area contributed by atoms with Crippen molar-refractivity contribution in [2.24, 2.45) is 5.14 Å². The summed E-state index contributed by atoms with van der Waals surface area (Å²) in [6.45, 7) is 2.52. The number of nitrogens with zero attached hydrogens (tertiary/aromatic N) is 2. The van der Waals surface area contributed by atoms with Gasteiger partial charge >= 0.3 is 0 Å². The van der Waals surface area contributed by atoms with Gasteiger partial charge in [0.05, 0.1) is 5.69 Å². The summed E-state index contributed by atoms with van der Waals surface area (Å²) in [6.07, 6.45) is 4.93. The highest BCUT2D eigenvalue weighted by Crippen LogP contribution is 2.28. The van der Waals surface area contributed by atoms with E-state index >= 15 is 0 Å². The van der Waals surface area contributed by atoms with Gasteiger partial charge in [0, 0.05) is 42.7 Å². The lowest BCUT2D eigenvalue weighted by molar-refractivity contribution is -0.116. The van der Waals surface area contributed by atoms with Crippen molar-refractivity contribution >= 4 is 38.3 Å². The number of carbonyl (C=O) groups excluding carboxylic acids is 1. The van der Waals surface area contributed by atoms with Crippen LogP contribution in [-0.4, -0.2) is 38.9 Å². The van der Waals surface area contributed by atoms with E-state index in [1.807, 2.05) is 5.38 Å². The molecule has 3 rings (SSSR count). The number of thiazole rings is 1. The minimum absolute atomic E-state index is 0.0883. The summed E-state index contributed by atoms with van der Waals surface area (Å²) in [4.78, 5) is 19.0. The first-order valence-corrected chi connectivity index (χ1v) is 12.2. The number of nitrogens with one attached hydrogen (secondary N) is 2. The Morgan fingerprint density at radius 1 is 1.14 bits per heavy atom. The summed E-state index contributed by atoms with van der Waals surface area (Å²) in [6, 6.07) is 8.40. The van der Waals surface area contributed by atoms with E-state index < -0.39 is 10.2 Å². The Bertz CT molecular complexity index is 906. The van der Waals surface area contributed by atoms with Gasteiger partial charge in [0.25, 0.3) is 10.2 Å². The van der Waals surface area contributed by atoms with Crippen LogP contribution in [0.5, 0.6) is 0 Å². The molecule has 1 aliphatic rings. The van der Waals surface area contributed by atoms with E-state index in [4.69, 9.17) is 5.14 Å². The largest absolute Gasteiger partial charge is 0.372 e. The molecule has 10 heteroatoms. The maximum atomic E-state index is 12.1. The van der Waals surface area contributed by atoms with E-state index in [0.717, 1.165) is 30.8 Å². The highest BCUT2D eigenvalue weighted by molar-refractivity contribution is 7.87. The van der Waals surface area contributed by atoms with Crippen molar-refractivity contribution in [2.75, 3.05) is 29.9 Å². The molecule has 0 atom stereocenters. The maximum Gasteiger partial charge on any atom is 0.274 e. The zero-order chi connectivity index (χ0) is 20.7. The molecule has 2 aromatic rings. The van der Waals surface area contributed by atoms with E-state index in [-0.39, 0.29) is 12.5 Å². The third-order valence-corrected chi connectivity index (χ3v) is 6.13. The minimum atomic E-state index is -3.63. The first-order valence-electron chi connectivity index (χ1n) is 9.79. The average molecular weight is 438 g/mol. The molecule has 0 saturated carbocycles. The van der Waals surface area contributed by atoms with Crippen molar-refractivity contribution in [2.45, 2.75) is 38.5 Å². The van der Waals surface area contributed by atoms with Crippen LogP contribution < -0.4 is 20.1 Å². The third-order valence-electron chi connectivity index (χ3n) is 4.77. The van der Waals surface area contributed by atoms with Crippen molar-refractivity contribution in [3.8, 4) is 11.3 Å². The molecule has 0 spiro atoms. The number of nitrogens with two attached hydrogens (primary N) is 1. The van der Waals surface area contributed by atoms with E-state index in [9.17, 15) is 13.2 Å². The van der Waals surface area contributed by atoms with Gasteiger partial charge in [0.2, 0.25) is 5.91 Å². The highest BCUT2D eigenvalue weighted by Gasteiger charge is 2.13. The molecular weight excluding hydrogens is 410 g/mol. The summed E-state index contributed by atoms with van der Waals surface area (Å²) >= 11 is 1.41. The molecule has 1 amide bonds. The summed E-state index contributed by atoms with van der Waals surface area (Å²) in [5.74, 6) is -0.0883. The smallest absolute Gasteiger partial charge is 0.274 e. The van der Waals surface area contributed by atoms with Crippen LogP contribution in [0.2, 0.25) is 0 Å². The zero-order valence-corrected chi connectivity index (χ0v) is 17.9. The third kappa shape index (κ3) is 7.07. The molecule has 8 nitrogen and oxygen atoms in total. The van der Waals surface area contributed by atoms with Crippen LogP contribution in [0.4, 0.5) is 10.8 Å². The van der Waals surface area contributed by atoms with Crippen LogP contribution in [-0.2, 0) is 15.0 Å². The molecule has 0 aliphatic carbocycles. The summed E-state index contributed by atoms with van der Waals surface area (Å²) in [7, 11) is -3.63. The Morgan fingerprint density at radius 2 is 1.86 bits per heavy atom. The fourth-order valence-electron chi connectivity index (χ4n) is 3.27. The number of hydrogen-bond acceptors (Lipinski definition) is 6. The predicted molar refractivity (Wildman–Crippen MR) is 117 cm³/mol. The van der Waals surface area contributed by atoms with Crippen LogP contribution in [0, 0.1) is 0 Å². The molecule has 2 heterocycles. The highest BCUT2D eigenvalue weighted by atomic mass is 32.2. The number of benzene rings is 1. The number of carbonyl (C=O) groups is 1. The van der Waals surface area contributed by atoms with Crippen molar-refractivity contribution in [1.82, 2.24) is 9.71 Å². The van der Waals surface area contributed by atoms with Crippen LogP contribution in [0.3, 0.4) is 0 Å². The summed E-state index contributed by atoms with van der Waals surface area (Å²) in [5, 5.41) is 10.2. The van der Waals surface area contributed by atoms with Crippen molar-refractivity contribution in [3.63, 3.8) is 0 Å². The topological polar surface area (TPSA) is 117 Å². The molecule has 1 aromatic carbocycles. The Kier molecular flexibility index (Phi) is 7.59.